The molecule has 3 nitrogen and oxygen atoms in total. The Balaban J connectivity index is 2.21. The standard InChI is InChI=1S/C14H16BrNO2/c1-3-8-16(11-5-6-11)14(17)10-4-7-13(18-2)12(15)9-10/h3-4,7,9,11H,1,5-6,8H2,2H3. The topological polar surface area (TPSA) is 29.5 Å². The second-order valence-corrected chi connectivity index (χ2v) is 5.18. The van der Waals surface area contributed by atoms with Crippen LogP contribution < -0.4 is 4.74 Å². The van der Waals surface area contributed by atoms with Crippen molar-refractivity contribution < 1.29 is 9.53 Å². The first-order valence-electron chi connectivity index (χ1n) is 5.92. The van der Waals surface area contributed by atoms with Gasteiger partial charge in [0.25, 0.3) is 5.91 Å². The molecule has 0 aromatic heterocycles. The lowest BCUT2D eigenvalue weighted by molar-refractivity contribution is 0.0762. The molecule has 4 heteroatoms. The Morgan fingerprint density at radius 2 is 2.33 bits per heavy atom. The van der Waals surface area contributed by atoms with Crippen molar-refractivity contribution in [3.63, 3.8) is 0 Å². The molecule has 0 heterocycles. The molecule has 18 heavy (non-hydrogen) atoms. The van der Waals surface area contributed by atoms with Crippen LogP contribution in [0.25, 0.3) is 0 Å². The van der Waals surface area contributed by atoms with E-state index in [4.69, 9.17) is 4.74 Å². The van der Waals surface area contributed by atoms with Crippen molar-refractivity contribution in [2.75, 3.05) is 13.7 Å². The van der Waals surface area contributed by atoms with E-state index in [9.17, 15) is 4.79 Å². The van der Waals surface area contributed by atoms with Gasteiger partial charge in [0.05, 0.1) is 11.6 Å². The van der Waals surface area contributed by atoms with Crippen molar-refractivity contribution in [1.29, 1.82) is 0 Å². The quantitative estimate of drug-likeness (QED) is 0.781. The second kappa shape index (κ2) is 5.57. The molecule has 1 aromatic rings. The van der Waals surface area contributed by atoms with Gasteiger partial charge in [0.2, 0.25) is 0 Å². The first-order chi connectivity index (χ1) is 8.67. The Kier molecular flexibility index (Phi) is 4.07. The highest BCUT2D eigenvalue weighted by atomic mass is 79.9. The molecule has 1 fully saturated rings. The Hall–Kier alpha value is -1.29. The maximum Gasteiger partial charge on any atom is 0.254 e. The Morgan fingerprint density at radius 3 is 2.83 bits per heavy atom. The van der Waals surface area contributed by atoms with E-state index < -0.39 is 0 Å². The SMILES string of the molecule is C=CCN(C(=O)c1ccc(OC)c(Br)c1)C1CC1. The average molecular weight is 310 g/mol. The zero-order valence-electron chi connectivity index (χ0n) is 10.4. The lowest BCUT2D eigenvalue weighted by Crippen LogP contribution is -2.33. The van der Waals surface area contributed by atoms with E-state index in [0.29, 0.717) is 18.2 Å². The summed E-state index contributed by atoms with van der Waals surface area (Å²) in [6.07, 6.45) is 3.96. The van der Waals surface area contributed by atoms with E-state index in [2.05, 4.69) is 22.5 Å². The van der Waals surface area contributed by atoms with Crippen molar-refractivity contribution in [3.8, 4) is 5.75 Å². The third-order valence-corrected chi connectivity index (χ3v) is 3.59. The van der Waals surface area contributed by atoms with Crippen LogP contribution in [0, 0.1) is 0 Å². The van der Waals surface area contributed by atoms with Crippen LogP contribution in [-0.2, 0) is 0 Å². The summed E-state index contributed by atoms with van der Waals surface area (Å²) in [6.45, 7) is 4.31. The van der Waals surface area contributed by atoms with Gasteiger partial charge in [0.1, 0.15) is 5.75 Å². The number of carbonyl (C=O) groups is 1. The number of ether oxygens (including phenoxy) is 1. The molecule has 96 valence electrons. The molecule has 0 N–H and O–H groups in total. The van der Waals surface area contributed by atoms with Crippen molar-refractivity contribution in [1.82, 2.24) is 4.90 Å². The molecule has 1 saturated carbocycles. The molecule has 0 bridgehead atoms. The maximum absolute atomic E-state index is 12.4. The minimum absolute atomic E-state index is 0.0563. The molecule has 0 radical (unpaired) electrons. The highest BCUT2D eigenvalue weighted by Crippen LogP contribution is 2.30. The zero-order chi connectivity index (χ0) is 13.1. The minimum Gasteiger partial charge on any atom is -0.496 e. The van der Waals surface area contributed by atoms with Crippen LogP contribution >= 0.6 is 15.9 Å². The lowest BCUT2D eigenvalue weighted by Gasteiger charge is -2.21. The van der Waals surface area contributed by atoms with E-state index in [1.165, 1.54) is 0 Å². The van der Waals surface area contributed by atoms with Gasteiger partial charge in [-0.1, -0.05) is 6.08 Å². The predicted octanol–water partition coefficient (Wildman–Crippen LogP) is 3.25. The van der Waals surface area contributed by atoms with Gasteiger partial charge in [-0.15, -0.1) is 6.58 Å². The van der Waals surface area contributed by atoms with Gasteiger partial charge in [0, 0.05) is 18.2 Å². The van der Waals surface area contributed by atoms with Gasteiger partial charge in [0.15, 0.2) is 0 Å². The summed E-state index contributed by atoms with van der Waals surface area (Å²) in [5, 5.41) is 0. The summed E-state index contributed by atoms with van der Waals surface area (Å²) in [5.74, 6) is 0.786. The van der Waals surface area contributed by atoms with E-state index in [-0.39, 0.29) is 5.91 Å². The van der Waals surface area contributed by atoms with E-state index in [1.54, 1.807) is 31.4 Å². The largest absolute Gasteiger partial charge is 0.496 e. The first-order valence-corrected chi connectivity index (χ1v) is 6.72. The van der Waals surface area contributed by atoms with Gasteiger partial charge >= 0.3 is 0 Å². The minimum atomic E-state index is 0.0563. The zero-order valence-corrected chi connectivity index (χ0v) is 11.9. The molecule has 1 aromatic carbocycles. The Labute approximate surface area is 116 Å². The third-order valence-electron chi connectivity index (χ3n) is 2.97. The summed E-state index contributed by atoms with van der Waals surface area (Å²) < 4.78 is 5.96. The molecule has 1 aliphatic rings. The summed E-state index contributed by atoms with van der Waals surface area (Å²) in [7, 11) is 1.61. The van der Waals surface area contributed by atoms with Gasteiger partial charge in [-0.25, -0.2) is 0 Å². The van der Waals surface area contributed by atoms with Crippen LogP contribution in [0.2, 0.25) is 0 Å². The van der Waals surface area contributed by atoms with Crippen molar-refractivity contribution in [3.05, 3.63) is 40.9 Å². The molecule has 1 amide bonds. The Morgan fingerprint density at radius 1 is 1.61 bits per heavy atom. The molecule has 0 saturated heterocycles. The fraction of sp³-hybridized carbons (Fsp3) is 0.357. The number of nitrogens with zero attached hydrogens (tertiary/aromatic N) is 1. The molecule has 0 aliphatic heterocycles. The van der Waals surface area contributed by atoms with Gasteiger partial charge in [-0.2, -0.15) is 0 Å². The lowest BCUT2D eigenvalue weighted by atomic mass is 10.2. The molecule has 0 spiro atoms. The number of methoxy groups -OCH3 is 1. The summed E-state index contributed by atoms with van der Waals surface area (Å²) in [4.78, 5) is 14.3. The molecule has 2 rings (SSSR count). The second-order valence-electron chi connectivity index (χ2n) is 4.33. The highest BCUT2D eigenvalue weighted by molar-refractivity contribution is 9.10. The number of rotatable bonds is 5. The third kappa shape index (κ3) is 2.75. The molecular weight excluding hydrogens is 294 g/mol. The van der Waals surface area contributed by atoms with Crippen LogP contribution in [-0.4, -0.2) is 30.5 Å². The van der Waals surface area contributed by atoms with Gasteiger partial charge < -0.3 is 9.64 Å². The highest BCUT2D eigenvalue weighted by Gasteiger charge is 2.32. The molecule has 1 aliphatic carbocycles. The normalized spacial score (nSPS) is 14.1. The van der Waals surface area contributed by atoms with Crippen LogP contribution in [0.5, 0.6) is 5.75 Å². The van der Waals surface area contributed by atoms with Gasteiger partial charge in [-0.05, 0) is 47.0 Å². The number of hydrogen-bond acceptors (Lipinski definition) is 2. The summed E-state index contributed by atoms with van der Waals surface area (Å²) >= 11 is 3.40. The van der Waals surface area contributed by atoms with Gasteiger partial charge in [-0.3, -0.25) is 4.79 Å². The van der Waals surface area contributed by atoms with E-state index in [0.717, 1.165) is 23.1 Å². The number of amides is 1. The number of benzene rings is 1. The van der Waals surface area contributed by atoms with E-state index in [1.807, 2.05) is 4.90 Å². The first kappa shape index (κ1) is 13.1. The fourth-order valence-corrected chi connectivity index (χ4v) is 2.43. The van der Waals surface area contributed by atoms with Crippen LogP contribution in [0.15, 0.2) is 35.3 Å². The molecule has 0 atom stereocenters. The number of hydrogen-bond donors (Lipinski definition) is 0. The van der Waals surface area contributed by atoms with Crippen molar-refractivity contribution in [2.24, 2.45) is 0 Å². The Bertz CT molecular complexity index is 469. The smallest absolute Gasteiger partial charge is 0.254 e. The molecular formula is C14H16BrNO2. The average Bonchev–Trinajstić information content (AvgIpc) is 3.19. The van der Waals surface area contributed by atoms with Crippen molar-refractivity contribution in [2.45, 2.75) is 18.9 Å². The van der Waals surface area contributed by atoms with Crippen LogP contribution in [0.3, 0.4) is 0 Å². The maximum atomic E-state index is 12.4. The van der Waals surface area contributed by atoms with Crippen molar-refractivity contribution >= 4 is 21.8 Å². The number of carbonyl (C=O) groups excluding carboxylic acids is 1. The summed E-state index contributed by atoms with van der Waals surface area (Å²) in [5.41, 5.74) is 0.677. The molecule has 0 unspecified atom stereocenters. The summed E-state index contributed by atoms with van der Waals surface area (Å²) in [6, 6.07) is 5.79. The fourth-order valence-electron chi connectivity index (χ4n) is 1.89. The monoisotopic (exact) mass is 309 g/mol. The van der Waals surface area contributed by atoms with E-state index >= 15 is 0 Å². The van der Waals surface area contributed by atoms with Crippen LogP contribution in [0.4, 0.5) is 0 Å². The number of halogens is 1. The predicted molar refractivity (Wildman–Crippen MR) is 74.9 cm³/mol. The van der Waals surface area contributed by atoms with Crippen LogP contribution in [0.1, 0.15) is 23.2 Å².